The van der Waals surface area contributed by atoms with E-state index in [1.54, 1.807) is 17.9 Å². The van der Waals surface area contributed by atoms with Crippen molar-refractivity contribution in [2.45, 2.75) is 18.9 Å². The summed E-state index contributed by atoms with van der Waals surface area (Å²) in [6.45, 7) is -0.0482. The largest absolute Gasteiger partial charge is 0.481 e. The lowest BCUT2D eigenvalue weighted by Crippen LogP contribution is -2.48. The summed E-state index contributed by atoms with van der Waals surface area (Å²) in [7, 11) is 1.72. The van der Waals surface area contributed by atoms with Gasteiger partial charge in [0.25, 0.3) is 5.92 Å². The number of halogens is 3. The molecule has 5 nitrogen and oxygen atoms in total. The van der Waals surface area contributed by atoms with E-state index in [4.69, 9.17) is 5.11 Å². The van der Waals surface area contributed by atoms with E-state index in [0.717, 1.165) is 10.2 Å². The highest BCUT2D eigenvalue weighted by atomic mass is 79.9. The Hall–Kier alpha value is -1.02. The summed E-state index contributed by atoms with van der Waals surface area (Å²) >= 11 is 3.30. The fourth-order valence-electron chi connectivity index (χ4n) is 2.30. The molecule has 1 unspecified atom stereocenters. The van der Waals surface area contributed by atoms with Gasteiger partial charge < -0.3 is 5.11 Å². The minimum atomic E-state index is -2.97. The quantitative estimate of drug-likeness (QED) is 0.912. The Morgan fingerprint density at radius 2 is 2.37 bits per heavy atom. The third-order valence-electron chi connectivity index (χ3n) is 3.21. The van der Waals surface area contributed by atoms with Crippen LogP contribution in [0.4, 0.5) is 8.78 Å². The Labute approximate surface area is 117 Å². The van der Waals surface area contributed by atoms with Crippen LogP contribution in [0, 0.1) is 5.92 Å². The van der Waals surface area contributed by atoms with Gasteiger partial charge in [0.1, 0.15) is 0 Å². The smallest absolute Gasteiger partial charge is 0.308 e. The summed E-state index contributed by atoms with van der Waals surface area (Å²) in [4.78, 5) is 12.4. The number of hydrogen-bond donors (Lipinski definition) is 1. The summed E-state index contributed by atoms with van der Waals surface area (Å²) in [5.74, 6) is -5.17. The van der Waals surface area contributed by atoms with Crippen LogP contribution in [0.15, 0.2) is 10.7 Å². The van der Waals surface area contributed by atoms with Gasteiger partial charge in [0, 0.05) is 26.6 Å². The Balaban J connectivity index is 2.13. The van der Waals surface area contributed by atoms with Crippen LogP contribution in [-0.4, -0.2) is 44.8 Å². The van der Waals surface area contributed by atoms with E-state index >= 15 is 0 Å². The summed E-state index contributed by atoms with van der Waals surface area (Å²) < 4.78 is 29.4. The summed E-state index contributed by atoms with van der Waals surface area (Å²) in [6.07, 6.45) is 0.998. The number of carboxylic acids is 1. The molecule has 0 amide bonds. The Morgan fingerprint density at radius 3 is 2.89 bits per heavy atom. The summed E-state index contributed by atoms with van der Waals surface area (Å²) in [6, 6.07) is 0. The van der Waals surface area contributed by atoms with Crippen LogP contribution in [-0.2, 0) is 18.4 Å². The van der Waals surface area contributed by atoms with Crippen molar-refractivity contribution in [2.24, 2.45) is 13.0 Å². The second-order valence-corrected chi connectivity index (χ2v) is 5.68. The SMILES string of the molecule is Cn1ncc(Br)c1CN1CC(C(=O)O)CC(F)(F)C1. The fourth-order valence-corrected chi connectivity index (χ4v) is 2.78. The van der Waals surface area contributed by atoms with Crippen LogP contribution in [0.3, 0.4) is 0 Å². The first kappa shape index (κ1) is 14.4. The summed E-state index contributed by atoms with van der Waals surface area (Å²) in [5.41, 5.74) is 0.752. The highest BCUT2D eigenvalue weighted by Gasteiger charge is 2.43. The number of rotatable bonds is 3. The van der Waals surface area contributed by atoms with Crippen molar-refractivity contribution in [1.29, 1.82) is 0 Å². The number of aromatic nitrogens is 2. The first-order valence-electron chi connectivity index (χ1n) is 5.78. The van der Waals surface area contributed by atoms with Crippen molar-refractivity contribution in [3.8, 4) is 0 Å². The maximum atomic E-state index is 13.6. The molecule has 8 heteroatoms. The fraction of sp³-hybridized carbons (Fsp3) is 0.636. The van der Waals surface area contributed by atoms with E-state index in [1.165, 1.54) is 4.90 Å². The molecule has 1 saturated heterocycles. The Bertz CT molecular complexity index is 473. The molecule has 1 aromatic rings. The van der Waals surface area contributed by atoms with E-state index < -0.39 is 30.8 Å². The molecular formula is C11H14BrF2N3O2. The number of carbonyl (C=O) groups is 1. The number of aryl methyl sites for hydroxylation is 1. The number of hydrogen-bond acceptors (Lipinski definition) is 3. The maximum absolute atomic E-state index is 13.6. The van der Waals surface area contributed by atoms with Crippen molar-refractivity contribution < 1.29 is 18.7 Å². The predicted octanol–water partition coefficient (Wildman–Crippen LogP) is 1.72. The predicted molar refractivity (Wildman–Crippen MR) is 66.9 cm³/mol. The van der Waals surface area contributed by atoms with Gasteiger partial charge in [0.2, 0.25) is 0 Å². The highest BCUT2D eigenvalue weighted by Crippen LogP contribution is 2.32. The molecule has 1 N–H and O–H groups in total. The topological polar surface area (TPSA) is 58.4 Å². The third kappa shape index (κ3) is 3.30. The van der Waals surface area contributed by atoms with Gasteiger partial charge in [-0.1, -0.05) is 0 Å². The van der Waals surface area contributed by atoms with Crippen LogP contribution in [0.1, 0.15) is 12.1 Å². The van der Waals surface area contributed by atoms with E-state index in [-0.39, 0.29) is 13.1 Å². The molecule has 2 rings (SSSR count). The minimum absolute atomic E-state index is 0.128. The van der Waals surface area contributed by atoms with Gasteiger partial charge >= 0.3 is 5.97 Å². The molecule has 0 aliphatic carbocycles. The number of alkyl halides is 2. The molecule has 1 aliphatic rings. The Kier molecular flexibility index (Phi) is 3.91. The van der Waals surface area contributed by atoms with Crippen molar-refractivity contribution in [3.05, 3.63) is 16.4 Å². The molecule has 0 spiro atoms. The zero-order valence-corrected chi connectivity index (χ0v) is 11.9. The van der Waals surface area contributed by atoms with Gasteiger partial charge in [-0.15, -0.1) is 0 Å². The first-order chi connectivity index (χ1) is 8.78. The van der Waals surface area contributed by atoms with Crippen molar-refractivity contribution in [2.75, 3.05) is 13.1 Å². The van der Waals surface area contributed by atoms with E-state index in [9.17, 15) is 13.6 Å². The average Bonchev–Trinajstić information content (AvgIpc) is 2.58. The normalized spacial score (nSPS) is 23.5. The van der Waals surface area contributed by atoms with Crippen LogP contribution in [0.25, 0.3) is 0 Å². The highest BCUT2D eigenvalue weighted by molar-refractivity contribution is 9.10. The monoisotopic (exact) mass is 337 g/mol. The number of nitrogens with zero attached hydrogens (tertiary/aromatic N) is 3. The van der Waals surface area contributed by atoms with Crippen molar-refractivity contribution >= 4 is 21.9 Å². The molecule has 0 bridgehead atoms. The molecule has 19 heavy (non-hydrogen) atoms. The molecule has 1 atom stereocenters. The average molecular weight is 338 g/mol. The van der Waals surface area contributed by atoms with E-state index in [2.05, 4.69) is 21.0 Å². The molecular weight excluding hydrogens is 324 g/mol. The first-order valence-corrected chi connectivity index (χ1v) is 6.57. The number of aliphatic carboxylic acids is 1. The molecule has 106 valence electrons. The molecule has 0 aromatic carbocycles. The molecule has 1 aromatic heterocycles. The van der Waals surface area contributed by atoms with E-state index in [0.29, 0.717) is 0 Å². The van der Waals surface area contributed by atoms with Gasteiger partial charge in [-0.3, -0.25) is 14.4 Å². The molecule has 0 saturated carbocycles. The second-order valence-electron chi connectivity index (χ2n) is 4.83. The van der Waals surface area contributed by atoms with Crippen LogP contribution in [0.2, 0.25) is 0 Å². The Morgan fingerprint density at radius 1 is 1.68 bits per heavy atom. The van der Waals surface area contributed by atoms with Gasteiger partial charge in [-0.05, 0) is 15.9 Å². The molecule has 1 aliphatic heterocycles. The van der Waals surface area contributed by atoms with Crippen LogP contribution in [0.5, 0.6) is 0 Å². The van der Waals surface area contributed by atoms with Gasteiger partial charge in [-0.25, -0.2) is 8.78 Å². The van der Waals surface area contributed by atoms with Crippen LogP contribution < -0.4 is 0 Å². The zero-order valence-electron chi connectivity index (χ0n) is 10.3. The second kappa shape index (κ2) is 5.16. The molecule has 1 fully saturated rings. The zero-order chi connectivity index (χ0) is 14.2. The number of carboxylic acid groups (broad SMARTS) is 1. The van der Waals surface area contributed by atoms with Gasteiger partial charge in [-0.2, -0.15) is 5.10 Å². The maximum Gasteiger partial charge on any atom is 0.308 e. The standard InChI is InChI=1S/C11H14BrF2N3O2/c1-16-9(8(12)3-15-16)5-17-4-7(10(18)19)2-11(13,14)6-17/h3,7H,2,4-6H2,1H3,(H,18,19). The summed E-state index contributed by atoms with van der Waals surface area (Å²) in [5, 5.41) is 12.9. The minimum Gasteiger partial charge on any atom is -0.481 e. The lowest BCUT2D eigenvalue weighted by molar-refractivity contribution is -0.153. The molecule has 0 radical (unpaired) electrons. The van der Waals surface area contributed by atoms with Crippen molar-refractivity contribution in [1.82, 2.24) is 14.7 Å². The van der Waals surface area contributed by atoms with Gasteiger partial charge in [0.05, 0.1) is 28.8 Å². The molecule has 2 heterocycles. The van der Waals surface area contributed by atoms with E-state index in [1.807, 2.05) is 0 Å². The van der Waals surface area contributed by atoms with Crippen molar-refractivity contribution in [3.63, 3.8) is 0 Å². The number of likely N-dealkylation sites (tertiary alicyclic amines) is 1. The lowest BCUT2D eigenvalue weighted by Gasteiger charge is -2.35. The number of piperidine rings is 1. The lowest BCUT2D eigenvalue weighted by atomic mass is 9.95. The van der Waals surface area contributed by atoms with Gasteiger partial charge in [0.15, 0.2) is 0 Å². The van der Waals surface area contributed by atoms with Crippen LogP contribution >= 0.6 is 15.9 Å². The third-order valence-corrected chi connectivity index (χ3v) is 3.87.